The van der Waals surface area contributed by atoms with Gasteiger partial charge in [-0.15, -0.1) is 0 Å². The van der Waals surface area contributed by atoms with Gasteiger partial charge in [0.2, 0.25) is 0 Å². The average molecular weight is 376 g/mol. The molecule has 2 rings (SSSR count). The molecule has 7 nitrogen and oxygen atoms in total. The summed E-state index contributed by atoms with van der Waals surface area (Å²) in [6.45, 7) is 4.90. The third-order valence-corrected chi connectivity index (χ3v) is 4.05. The second-order valence-corrected chi connectivity index (χ2v) is 5.87. The second-order valence-electron chi connectivity index (χ2n) is 5.43. The van der Waals surface area contributed by atoms with E-state index in [1.807, 2.05) is 13.8 Å². The molecule has 2 aromatic rings. The standard InChI is InChI=1S/C18H18ClN3O4/c1-3-21(4-2)18(24)12-6-5-7-14(10-12)20-17(23)15-11-13(19)8-9-16(15)22(25)26/h5-11H,3-4H2,1-2H3,(H,20,23). The molecule has 0 saturated heterocycles. The number of anilines is 1. The van der Waals surface area contributed by atoms with Crippen LogP contribution >= 0.6 is 11.6 Å². The van der Waals surface area contributed by atoms with Gasteiger partial charge in [-0.25, -0.2) is 0 Å². The largest absolute Gasteiger partial charge is 0.339 e. The molecule has 26 heavy (non-hydrogen) atoms. The first-order valence-electron chi connectivity index (χ1n) is 8.02. The summed E-state index contributed by atoms with van der Waals surface area (Å²) in [7, 11) is 0. The van der Waals surface area contributed by atoms with Crippen LogP contribution in [0.25, 0.3) is 0 Å². The molecule has 136 valence electrons. The van der Waals surface area contributed by atoms with Gasteiger partial charge in [0.15, 0.2) is 0 Å². The Morgan fingerprint density at radius 1 is 1.15 bits per heavy atom. The molecular formula is C18H18ClN3O4. The van der Waals surface area contributed by atoms with Crippen molar-refractivity contribution in [2.75, 3.05) is 18.4 Å². The van der Waals surface area contributed by atoms with Crippen molar-refractivity contribution in [2.24, 2.45) is 0 Å². The van der Waals surface area contributed by atoms with Gasteiger partial charge in [-0.2, -0.15) is 0 Å². The molecule has 0 atom stereocenters. The number of nitrogens with zero attached hydrogens (tertiary/aromatic N) is 2. The fourth-order valence-electron chi connectivity index (χ4n) is 2.47. The monoisotopic (exact) mass is 375 g/mol. The van der Waals surface area contributed by atoms with E-state index in [-0.39, 0.29) is 22.2 Å². The number of rotatable bonds is 6. The van der Waals surface area contributed by atoms with E-state index in [1.54, 1.807) is 23.1 Å². The molecule has 0 aromatic heterocycles. The normalized spacial score (nSPS) is 10.3. The Balaban J connectivity index is 2.28. The first kappa shape index (κ1) is 19.4. The summed E-state index contributed by atoms with van der Waals surface area (Å²) < 4.78 is 0. The van der Waals surface area contributed by atoms with Gasteiger partial charge in [0.25, 0.3) is 17.5 Å². The molecule has 0 fully saturated rings. The van der Waals surface area contributed by atoms with Crippen LogP contribution in [0.3, 0.4) is 0 Å². The zero-order valence-corrected chi connectivity index (χ0v) is 15.1. The first-order chi connectivity index (χ1) is 12.4. The third-order valence-electron chi connectivity index (χ3n) is 3.82. The Morgan fingerprint density at radius 3 is 2.46 bits per heavy atom. The average Bonchev–Trinajstić information content (AvgIpc) is 2.62. The van der Waals surface area contributed by atoms with Crippen molar-refractivity contribution in [1.29, 1.82) is 0 Å². The minimum atomic E-state index is -0.674. The van der Waals surface area contributed by atoms with Crippen LogP contribution in [0.4, 0.5) is 11.4 Å². The van der Waals surface area contributed by atoms with Gasteiger partial charge < -0.3 is 10.2 Å². The van der Waals surface area contributed by atoms with Crippen LogP contribution in [0.1, 0.15) is 34.6 Å². The number of carbonyl (C=O) groups is 2. The van der Waals surface area contributed by atoms with Crippen LogP contribution in [0.15, 0.2) is 42.5 Å². The van der Waals surface area contributed by atoms with Crippen LogP contribution in [0.2, 0.25) is 5.02 Å². The van der Waals surface area contributed by atoms with Gasteiger partial charge in [-0.05, 0) is 44.2 Å². The van der Waals surface area contributed by atoms with E-state index in [9.17, 15) is 19.7 Å². The summed E-state index contributed by atoms with van der Waals surface area (Å²) in [6, 6.07) is 10.2. The molecular weight excluding hydrogens is 358 g/mol. The van der Waals surface area contributed by atoms with Crippen molar-refractivity contribution in [3.63, 3.8) is 0 Å². The predicted molar refractivity (Wildman–Crippen MR) is 99.8 cm³/mol. The Morgan fingerprint density at radius 2 is 1.85 bits per heavy atom. The quantitative estimate of drug-likeness (QED) is 0.610. The number of nitro groups is 1. The SMILES string of the molecule is CCN(CC)C(=O)c1cccc(NC(=O)c2cc(Cl)ccc2[N+](=O)[O-])c1. The van der Waals surface area contributed by atoms with Gasteiger partial charge in [0.05, 0.1) is 4.92 Å². The molecule has 0 aliphatic heterocycles. The fraction of sp³-hybridized carbons (Fsp3) is 0.222. The third kappa shape index (κ3) is 4.37. The fourth-order valence-corrected chi connectivity index (χ4v) is 2.64. The highest BCUT2D eigenvalue weighted by Crippen LogP contribution is 2.24. The van der Waals surface area contributed by atoms with Crippen molar-refractivity contribution in [3.8, 4) is 0 Å². The van der Waals surface area contributed by atoms with Gasteiger partial charge in [0.1, 0.15) is 5.56 Å². The van der Waals surface area contributed by atoms with E-state index in [0.717, 1.165) is 0 Å². The van der Waals surface area contributed by atoms with Crippen molar-refractivity contribution >= 4 is 34.8 Å². The van der Waals surface area contributed by atoms with Crippen LogP contribution in [0.5, 0.6) is 0 Å². The molecule has 0 radical (unpaired) electrons. The van der Waals surface area contributed by atoms with Crippen LogP contribution in [-0.4, -0.2) is 34.7 Å². The highest BCUT2D eigenvalue weighted by molar-refractivity contribution is 6.31. The second kappa shape index (κ2) is 8.44. The summed E-state index contributed by atoms with van der Waals surface area (Å²) in [6.07, 6.45) is 0. The minimum absolute atomic E-state index is 0.150. The lowest BCUT2D eigenvalue weighted by atomic mass is 10.1. The molecule has 0 heterocycles. The number of hydrogen-bond donors (Lipinski definition) is 1. The van der Waals surface area contributed by atoms with E-state index in [0.29, 0.717) is 24.3 Å². The van der Waals surface area contributed by atoms with Crippen molar-refractivity contribution < 1.29 is 14.5 Å². The van der Waals surface area contributed by atoms with Gasteiger partial charge in [0, 0.05) is 35.4 Å². The lowest BCUT2D eigenvalue weighted by Gasteiger charge is -2.19. The maximum Gasteiger partial charge on any atom is 0.282 e. The maximum absolute atomic E-state index is 12.4. The molecule has 0 saturated carbocycles. The Bertz CT molecular complexity index is 850. The molecule has 2 amide bonds. The first-order valence-corrected chi connectivity index (χ1v) is 8.39. The van der Waals surface area contributed by atoms with E-state index >= 15 is 0 Å². The number of nitrogens with one attached hydrogen (secondary N) is 1. The van der Waals surface area contributed by atoms with Crippen molar-refractivity contribution in [3.05, 3.63) is 68.7 Å². The number of hydrogen-bond acceptors (Lipinski definition) is 4. The minimum Gasteiger partial charge on any atom is -0.339 e. The number of carbonyl (C=O) groups excluding carboxylic acids is 2. The van der Waals surface area contributed by atoms with E-state index in [4.69, 9.17) is 11.6 Å². The molecule has 0 aliphatic rings. The van der Waals surface area contributed by atoms with Crippen molar-refractivity contribution in [2.45, 2.75) is 13.8 Å². The molecule has 0 bridgehead atoms. The molecule has 0 spiro atoms. The molecule has 1 N–H and O–H groups in total. The van der Waals surface area contributed by atoms with E-state index in [1.165, 1.54) is 24.3 Å². The summed E-state index contributed by atoms with van der Waals surface area (Å²) in [4.78, 5) is 37.0. The Labute approximate surface area is 155 Å². The molecule has 8 heteroatoms. The maximum atomic E-state index is 12.4. The topological polar surface area (TPSA) is 92.6 Å². The number of amides is 2. The summed E-state index contributed by atoms with van der Waals surface area (Å²) in [5.41, 5.74) is 0.291. The molecule has 0 unspecified atom stereocenters. The molecule has 0 aliphatic carbocycles. The zero-order chi connectivity index (χ0) is 19.3. The van der Waals surface area contributed by atoms with Gasteiger partial charge in [-0.1, -0.05) is 17.7 Å². The highest BCUT2D eigenvalue weighted by atomic mass is 35.5. The smallest absolute Gasteiger partial charge is 0.282 e. The van der Waals surface area contributed by atoms with E-state index in [2.05, 4.69) is 5.32 Å². The van der Waals surface area contributed by atoms with Crippen molar-refractivity contribution in [1.82, 2.24) is 4.90 Å². The summed E-state index contributed by atoms with van der Waals surface area (Å²) in [5, 5.41) is 13.9. The lowest BCUT2D eigenvalue weighted by molar-refractivity contribution is -0.385. The van der Waals surface area contributed by atoms with Crippen LogP contribution in [0, 0.1) is 10.1 Å². The van der Waals surface area contributed by atoms with Gasteiger partial charge in [-0.3, -0.25) is 19.7 Å². The van der Waals surface area contributed by atoms with Crippen LogP contribution < -0.4 is 5.32 Å². The van der Waals surface area contributed by atoms with E-state index < -0.39 is 10.8 Å². The summed E-state index contributed by atoms with van der Waals surface area (Å²) in [5.74, 6) is -0.827. The summed E-state index contributed by atoms with van der Waals surface area (Å²) >= 11 is 5.85. The number of nitro benzene ring substituents is 1. The highest BCUT2D eigenvalue weighted by Gasteiger charge is 2.21. The Kier molecular flexibility index (Phi) is 6.30. The lowest BCUT2D eigenvalue weighted by Crippen LogP contribution is -2.30. The predicted octanol–water partition coefficient (Wildman–Crippen LogP) is 3.98. The van der Waals surface area contributed by atoms with Gasteiger partial charge >= 0.3 is 0 Å². The Hall–Kier alpha value is -2.93. The molecule has 2 aromatic carbocycles. The van der Waals surface area contributed by atoms with Crippen LogP contribution in [-0.2, 0) is 0 Å². The zero-order valence-electron chi connectivity index (χ0n) is 14.4. The number of benzene rings is 2. The number of halogens is 1.